The molecule has 0 aromatic heterocycles. The van der Waals surface area contributed by atoms with E-state index >= 15 is 0 Å². The molecule has 1 aliphatic carbocycles. The van der Waals surface area contributed by atoms with Gasteiger partial charge in [0.1, 0.15) is 0 Å². The summed E-state index contributed by atoms with van der Waals surface area (Å²) >= 11 is 0. The highest BCUT2D eigenvalue weighted by atomic mass is 14.9. The van der Waals surface area contributed by atoms with Gasteiger partial charge < -0.3 is 5.32 Å². The van der Waals surface area contributed by atoms with E-state index in [-0.39, 0.29) is 0 Å². The van der Waals surface area contributed by atoms with Crippen LogP contribution in [0.5, 0.6) is 0 Å². The van der Waals surface area contributed by atoms with Crippen LogP contribution in [0.25, 0.3) is 0 Å². The molecule has 1 aromatic carbocycles. The quantitative estimate of drug-likeness (QED) is 0.745. The predicted molar refractivity (Wildman–Crippen MR) is 69.9 cm³/mol. The van der Waals surface area contributed by atoms with Crippen molar-refractivity contribution in [2.45, 2.75) is 39.5 Å². The lowest BCUT2D eigenvalue weighted by molar-refractivity contribution is 0.619. The third-order valence-corrected chi connectivity index (χ3v) is 3.59. The van der Waals surface area contributed by atoms with Crippen LogP contribution in [-0.2, 0) is 0 Å². The van der Waals surface area contributed by atoms with E-state index < -0.39 is 0 Å². The molecule has 1 heteroatoms. The zero-order chi connectivity index (χ0) is 11.5. The highest BCUT2D eigenvalue weighted by Gasteiger charge is 2.38. The SMILES string of the molecule is CCCNCC1CC1c1cc(C)ccc1C. The van der Waals surface area contributed by atoms with E-state index in [0.717, 1.165) is 18.4 Å². The molecule has 0 bridgehead atoms. The largest absolute Gasteiger partial charge is 0.316 e. The summed E-state index contributed by atoms with van der Waals surface area (Å²) in [6.45, 7) is 9.02. The van der Waals surface area contributed by atoms with Gasteiger partial charge in [-0.1, -0.05) is 30.7 Å². The molecule has 1 nitrogen and oxygen atoms in total. The Morgan fingerprint density at radius 2 is 2.12 bits per heavy atom. The van der Waals surface area contributed by atoms with Crippen molar-refractivity contribution in [1.82, 2.24) is 5.32 Å². The van der Waals surface area contributed by atoms with Crippen LogP contribution < -0.4 is 5.32 Å². The summed E-state index contributed by atoms with van der Waals surface area (Å²) in [5.41, 5.74) is 4.45. The minimum Gasteiger partial charge on any atom is -0.316 e. The molecule has 0 spiro atoms. The molecule has 16 heavy (non-hydrogen) atoms. The Bertz CT molecular complexity index is 356. The molecular weight excluding hydrogens is 194 g/mol. The molecular formula is C15H23N. The van der Waals surface area contributed by atoms with Crippen molar-refractivity contribution < 1.29 is 0 Å². The lowest BCUT2D eigenvalue weighted by Crippen LogP contribution is -2.17. The lowest BCUT2D eigenvalue weighted by atomic mass is 10.0. The smallest absolute Gasteiger partial charge is 0.00144 e. The highest BCUT2D eigenvalue weighted by Crippen LogP contribution is 2.48. The third-order valence-electron chi connectivity index (χ3n) is 3.59. The molecule has 0 saturated heterocycles. The van der Waals surface area contributed by atoms with Crippen LogP contribution >= 0.6 is 0 Å². The van der Waals surface area contributed by atoms with Crippen LogP contribution in [0.1, 0.15) is 42.4 Å². The van der Waals surface area contributed by atoms with E-state index in [1.165, 1.54) is 30.5 Å². The van der Waals surface area contributed by atoms with Crippen LogP contribution in [0.2, 0.25) is 0 Å². The average Bonchev–Trinajstić information content (AvgIpc) is 3.02. The molecule has 2 unspecified atom stereocenters. The van der Waals surface area contributed by atoms with E-state index in [4.69, 9.17) is 0 Å². The molecule has 0 aliphatic heterocycles. The Morgan fingerprint density at radius 3 is 2.88 bits per heavy atom. The van der Waals surface area contributed by atoms with Gasteiger partial charge in [-0.2, -0.15) is 0 Å². The molecule has 1 saturated carbocycles. The number of aryl methyl sites for hydroxylation is 2. The zero-order valence-corrected chi connectivity index (χ0v) is 10.7. The maximum absolute atomic E-state index is 3.53. The monoisotopic (exact) mass is 217 g/mol. The van der Waals surface area contributed by atoms with Crippen LogP contribution in [0.15, 0.2) is 18.2 Å². The summed E-state index contributed by atoms with van der Waals surface area (Å²) in [6, 6.07) is 6.85. The summed E-state index contributed by atoms with van der Waals surface area (Å²) in [7, 11) is 0. The minimum atomic E-state index is 0.823. The van der Waals surface area contributed by atoms with Crippen molar-refractivity contribution in [2.75, 3.05) is 13.1 Å². The van der Waals surface area contributed by atoms with Gasteiger partial charge in [0.25, 0.3) is 0 Å². The number of benzene rings is 1. The van der Waals surface area contributed by atoms with Crippen LogP contribution in [0.4, 0.5) is 0 Å². The molecule has 1 fully saturated rings. The van der Waals surface area contributed by atoms with Gasteiger partial charge in [0, 0.05) is 0 Å². The topological polar surface area (TPSA) is 12.0 Å². The number of rotatable bonds is 5. The van der Waals surface area contributed by atoms with Crippen molar-refractivity contribution in [1.29, 1.82) is 0 Å². The first-order valence-corrected chi connectivity index (χ1v) is 6.50. The summed E-state index contributed by atoms with van der Waals surface area (Å²) in [5.74, 6) is 1.70. The average molecular weight is 217 g/mol. The molecule has 1 N–H and O–H groups in total. The van der Waals surface area contributed by atoms with Crippen LogP contribution in [0.3, 0.4) is 0 Å². The van der Waals surface area contributed by atoms with Gasteiger partial charge in [-0.3, -0.25) is 0 Å². The minimum absolute atomic E-state index is 0.823. The molecule has 88 valence electrons. The van der Waals surface area contributed by atoms with Crippen molar-refractivity contribution in [3.63, 3.8) is 0 Å². The van der Waals surface area contributed by atoms with Gasteiger partial charge in [-0.05, 0) is 62.7 Å². The second kappa shape index (κ2) is 5.01. The molecule has 0 heterocycles. The maximum atomic E-state index is 3.53. The van der Waals surface area contributed by atoms with Gasteiger partial charge in [-0.15, -0.1) is 0 Å². The fraction of sp³-hybridized carbons (Fsp3) is 0.600. The number of hydrogen-bond acceptors (Lipinski definition) is 1. The first-order chi connectivity index (χ1) is 7.72. The first kappa shape index (κ1) is 11.7. The summed E-state index contributed by atoms with van der Waals surface area (Å²) in [6.07, 6.45) is 2.61. The van der Waals surface area contributed by atoms with Crippen molar-refractivity contribution >= 4 is 0 Å². The fourth-order valence-electron chi connectivity index (χ4n) is 2.48. The van der Waals surface area contributed by atoms with E-state index in [9.17, 15) is 0 Å². The van der Waals surface area contributed by atoms with Crippen molar-refractivity contribution in [3.8, 4) is 0 Å². The van der Waals surface area contributed by atoms with Gasteiger partial charge in [0.05, 0.1) is 0 Å². The van der Waals surface area contributed by atoms with Gasteiger partial charge in [0.15, 0.2) is 0 Å². The Kier molecular flexibility index (Phi) is 3.65. The zero-order valence-electron chi connectivity index (χ0n) is 10.7. The summed E-state index contributed by atoms with van der Waals surface area (Å²) < 4.78 is 0. The standard InChI is InChI=1S/C15H23N/c1-4-7-16-10-13-9-15(13)14-8-11(2)5-6-12(14)3/h5-6,8,13,15-16H,4,7,9-10H2,1-3H3. The van der Waals surface area contributed by atoms with Crippen LogP contribution in [-0.4, -0.2) is 13.1 Å². The lowest BCUT2D eigenvalue weighted by Gasteiger charge is -2.07. The second-order valence-corrected chi connectivity index (χ2v) is 5.17. The first-order valence-electron chi connectivity index (χ1n) is 6.50. The van der Waals surface area contributed by atoms with Gasteiger partial charge in [-0.25, -0.2) is 0 Å². The Hall–Kier alpha value is -0.820. The number of nitrogens with one attached hydrogen (secondary N) is 1. The van der Waals surface area contributed by atoms with Gasteiger partial charge >= 0.3 is 0 Å². The predicted octanol–water partition coefficient (Wildman–Crippen LogP) is 3.41. The summed E-state index contributed by atoms with van der Waals surface area (Å²) in [5, 5.41) is 3.53. The van der Waals surface area contributed by atoms with E-state index in [1.54, 1.807) is 5.56 Å². The summed E-state index contributed by atoms with van der Waals surface area (Å²) in [4.78, 5) is 0. The normalized spacial score (nSPS) is 23.4. The highest BCUT2D eigenvalue weighted by molar-refractivity contribution is 5.36. The Balaban J connectivity index is 1.92. The second-order valence-electron chi connectivity index (χ2n) is 5.17. The fourth-order valence-corrected chi connectivity index (χ4v) is 2.48. The van der Waals surface area contributed by atoms with Crippen molar-refractivity contribution in [2.24, 2.45) is 5.92 Å². The molecule has 2 atom stereocenters. The molecule has 2 rings (SSSR count). The Labute approximate surface area is 99.3 Å². The Morgan fingerprint density at radius 1 is 1.31 bits per heavy atom. The molecule has 0 amide bonds. The maximum Gasteiger partial charge on any atom is -0.00144 e. The van der Waals surface area contributed by atoms with E-state index in [1.807, 2.05) is 0 Å². The van der Waals surface area contributed by atoms with Gasteiger partial charge in [0.2, 0.25) is 0 Å². The van der Waals surface area contributed by atoms with Crippen molar-refractivity contribution in [3.05, 3.63) is 34.9 Å². The van der Waals surface area contributed by atoms with E-state index in [2.05, 4.69) is 44.3 Å². The third kappa shape index (κ3) is 2.65. The molecule has 0 radical (unpaired) electrons. The van der Waals surface area contributed by atoms with E-state index in [0.29, 0.717) is 0 Å². The number of hydrogen-bond donors (Lipinski definition) is 1. The molecule has 1 aliphatic rings. The molecule has 1 aromatic rings. The van der Waals surface area contributed by atoms with Crippen LogP contribution in [0, 0.1) is 19.8 Å².